The molecule has 2 aromatic rings. The van der Waals surface area contributed by atoms with Crippen molar-refractivity contribution in [3.8, 4) is 0 Å². The number of ether oxygens (including phenoxy) is 1. The number of hydrogen-bond donors (Lipinski definition) is 1. The maximum atomic E-state index is 13.0. The van der Waals surface area contributed by atoms with Gasteiger partial charge in [0.15, 0.2) is 0 Å². The summed E-state index contributed by atoms with van der Waals surface area (Å²) < 4.78 is 44.1. The Hall–Kier alpha value is -2.36. The lowest BCUT2D eigenvalue weighted by Gasteiger charge is -2.31. The lowest BCUT2D eigenvalue weighted by atomic mass is 9.98. The van der Waals surface area contributed by atoms with E-state index in [1.165, 1.54) is 11.8 Å². The summed E-state index contributed by atoms with van der Waals surface area (Å²) >= 11 is 0.846. The van der Waals surface area contributed by atoms with Gasteiger partial charge in [-0.3, -0.25) is 9.59 Å². The first kappa shape index (κ1) is 20.4. The standard InChI is InChI=1S/C18H20F3N3O3S/c1-3-27-17(26)10-5-4-6-24(8-10)16(25)14-13(22)12-9(2)7-11(18(19,20)21)23-15(12)28-14/h7,10H,3-6,8,22H2,1-2H3/t10-/m0/s1. The summed E-state index contributed by atoms with van der Waals surface area (Å²) in [5.74, 6) is -1.16. The van der Waals surface area contributed by atoms with Crippen LogP contribution in [-0.4, -0.2) is 41.5 Å². The molecule has 0 unspecified atom stereocenters. The summed E-state index contributed by atoms with van der Waals surface area (Å²) in [6.45, 7) is 4.13. The van der Waals surface area contributed by atoms with Crippen LogP contribution in [0.1, 0.15) is 40.7 Å². The van der Waals surface area contributed by atoms with Crippen molar-refractivity contribution < 1.29 is 27.5 Å². The Labute approximate surface area is 163 Å². The number of fused-ring (bicyclic) bond motifs is 1. The smallest absolute Gasteiger partial charge is 0.433 e. The van der Waals surface area contributed by atoms with E-state index in [0.29, 0.717) is 30.3 Å². The highest BCUT2D eigenvalue weighted by atomic mass is 32.1. The van der Waals surface area contributed by atoms with Crippen LogP contribution in [-0.2, 0) is 15.7 Å². The molecule has 2 aromatic heterocycles. The molecule has 0 spiro atoms. The second kappa shape index (κ2) is 7.57. The van der Waals surface area contributed by atoms with E-state index in [1.807, 2.05) is 0 Å². The molecule has 0 aliphatic carbocycles. The zero-order chi connectivity index (χ0) is 20.6. The third kappa shape index (κ3) is 3.78. The summed E-state index contributed by atoms with van der Waals surface area (Å²) in [4.78, 5) is 30.3. The quantitative estimate of drug-likeness (QED) is 0.774. The Bertz CT molecular complexity index is 926. The van der Waals surface area contributed by atoms with Crippen molar-refractivity contribution in [2.24, 2.45) is 5.92 Å². The average molecular weight is 415 g/mol. The Kier molecular flexibility index (Phi) is 5.51. The first-order chi connectivity index (χ1) is 13.1. The number of nitrogens with two attached hydrogens (primary N) is 1. The largest absolute Gasteiger partial charge is 0.466 e. The van der Waals surface area contributed by atoms with Gasteiger partial charge in [0.1, 0.15) is 15.4 Å². The summed E-state index contributed by atoms with van der Waals surface area (Å²) in [7, 11) is 0. The molecular formula is C18H20F3N3O3S. The number of carbonyl (C=O) groups is 2. The molecule has 28 heavy (non-hydrogen) atoms. The van der Waals surface area contributed by atoms with Gasteiger partial charge in [0, 0.05) is 18.5 Å². The van der Waals surface area contributed by atoms with E-state index < -0.39 is 23.7 Å². The number of esters is 1. The zero-order valence-electron chi connectivity index (χ0n) is 15.4. The van der Waals surface area contributed by atoms with Crippen molar-refractivity contribution in [1.82, 2.24) is 9.88 Å². The van der Waals surface area contributed by atoms with Crippen molar-refractivity contribution in [3.05, 3.63) is 22.2 Å². The molecule has 0 saturated carbocycles. The average Bonchev–Trinajstić information content (AvgIpc) is 2.98. The Balaban J connectivity index is 1.92. The van der Waals surface area contributed by atoms with Gasteiger partial charge in [-0.1, -0.05) is 0 Å². The van der Waals surface area contributed by atoms with Gasteiger partial charge in [0.25, 0.3) is 5.91 Å². The number of aryl methyl sites for hydroxylation is 1. The number of nitrogens with zero attached hydrogens (tertiary/aromatic N) is 2. The van der Waals surface area contributed by atoms with Gasteiger partial charge in [0.2, 0.25) is 0 Å². The van der Waals surface area contributed by atoms with E-state index in [9.17, 15) is 22.8 Å². The number of amides is 1. The molecule has 3 heterocycles. The molecule has 1 fully saturated rings. The molecule has 6 nitrogen and oxygen atoms in total. The SMILES string of the molecule is CCOC(=O)[C@H]1CCCN(C(=O)c2sc3nc(C(F)(F)F)cc(C)c3c2N)C1. The van der Waals surface area contributed by atoms with Crippen LogP contribution >= 0.6 is 11.3 Å². The minimum absolute atomic E-state index is 0.0760. The number of pyridine rings is 1. The molecule has 0 radical (unpaired) electrons. The summed E-state index contributed by atoms with van der Waals surface area (Å²) in [6.07, 6.45) is -3.32. The predicted octanol–water partition coefficient (Wildman–Crippen LogP) is 3.62. The number of thiophene rings is 1. The molecule has 1 atom stereocenters. The fourth-order valence-corrected chi connectivity index (χ4v) is 4.51. The Morgan fingerprint density at radius 1 is 1.43 bits per heavy atom. The molecule has 3 rings (SSSR count). The van der Waals surface area contributed by atoms with E-state index in [2.05, 4.69) is 4.98 Å². The van der Waals surface area contributed by atoms with Crippen LogP contribution < -0.4 is 5.73 Å². The normalized spacial score (nSPS) is 17.8. The van der Waals surface area contributed by atoms with Gasteiger partial charge in [-0.25, -0.2) is 4.98 Å². The third-order valence-electron chi connectivity index (χ3n) is 4.71. The number of nitrogen functional groups attached to an aromatic ring is 1. The second-order valence-electron chi connectivity index (χ2n) is 6.69. The first-order valence-electron chi connectivity index (χ1n) is 8.86. The Morgan fingerprint density at radius 3 is 2.79 bits per heavy atom. The maximum Gasteiger partial charge on any atom is 0.433 e. The highest BCUT2D eigenvalue weighted by Crippen LogP contribution is 2.39. The maximum absolute atomic E-state index is 13.0. The molecule has 1 amide bonds. The lowest BCUT2D eigenvalue weighted by molar-refractivity contribution is -0.149. The van der Waals surface area contributed by atoms with E-state index in [0.717, 1.165) is 17.4 Å². The molecule has 1 aliphatic rings. The van der Waals surface area contributed by atoms with Crippen LogP contribution in [0, 0.1) is 12.8 Å². The highest BCUT2D eigenvalue weighted by molar-refractivity contribution is 7.21. The van der Waals surface area contributed by atoms with Crippen LogP contribution in [0.15, 0.2) is 6.07 Å². The number of likely N-dealkylation sites (tertiary alicyclic amines) is 1. The molecule has 0 bridgehead atoms. The summed E-state index contributed by atoms with van der Waals surface area (Å²) in [5.41, 5.74) is 5.52. The number of hydrogen-bond acceptors (Lipinski definition) is 6. The van der Waals surface area contributed by atoms with Crippen LogP contribution in [0.2, 0.25) is 0 Å². The van der Waals surface area contributed by atoms with Gasteiger partial charge in [-0.05, 0) is 38.3 Å². The predicted molar refractivity (Wildman–Crippen MR) is 99.0 cm³/mol. The second-order valence-corrected chi connectivity index (χ2v) is 7.69. The molecule has 1 saturated heterocycles. The van der Waals surface area contributed by atoms with Gasteiger partial charge in [-0.15, -0.1) is 11.3 Å². The van der Waals surface area contributed by atoms with Crippen molar-refractivity contribution in [2.45, 2.75) is 32.9 Å². The zero-order valence-corrected chi connectivity index (χ0v) is 16.2. The number of carbonyl (C=O) groups excluding carboxylic acids is 2. The monoisotopic (exact) mass is 415 g/mol. The molecule has 0 aromatic carbocycles. The number of piperidine rings is 1. The fourth-order valence-electron chi connectivity index (χ4n) is 3.37. The van der Waals surface area contributed by atoms with E-state index in [1.54, 1.807) is 6.92 Å². The van der Waals surface area contributed by atoms with Gasteiger partial charge >= 0.3 is 12.1 Å². The highest BCUT2D eigenvalue weighted by Gasteiger charge is 2.35. The van der Waals surface area contributed by atoms with Crippen LogP contribution in [0.3, 0.4) is 0 Å². The van der Waals surface area contributed by atoms with Crippen LogP contribution in [0.4, 0.5) is 18.9 Å². The van der Waals surface area contributed by atoms with Crippen molar-refractivity contribution >= 4 is 39.1 Å². The van der Waals surface area contributed by atoms with Gasteiger partial charge in [0.05, 0.1) is 18.2 Å². The summed E-state index contributed by atoms with van der Waals surface area (Å²) in [5, 5.41) is 0.361. The van der Waals surface area contributed by atoms with Crippen LogP contribution in [0.5, 0.6) is 0 Å². The van der Waals surface area contributed by atoms with Crippen LogP contribution in [0.25, 0.3) is 10.2 Å². The number of anilines is 1. The van der Waals surface area contributed by atoms with Gasteiger partial charge < -0.3 is 15.4 Å². The molecule has 10 heteroatoms. The molecule has 1 aliphatic heterocycles. The minimum Gasteiger partial charge on any atom is -0.466 e. The number of aromatic nitrogens is 1. The molecule has 2 N–H and O–H groups in total. The van der Waals surface area contributed by atoms with Crippen molar-refractivity contribution in [2.75, 3.05) is 25.4 Å². The van der Waals surface area contributed by atoms with E-state index >= 15 is 0 Å². The van der Waals surface area contributed by atoms with E-state index in [-0.39, 0.29) is 34.5 Å². The lowest BCUT2D eigenvalue weighted by Crippen LogP contribution is -2.42. The number of alkyl halides is 3. The number of rotatable bonds is 3. The fraction of sp³-hybridized carbons (Fsp3) is 0.500. The first-order valence-corrected chi connectivity index (χ1v) is 9.67. The third-order valence-corrected chi connectivity index (χ3v) is 5.80. The molecule has 152 valence electrons. The minimum atomic E-state index is -4.58. The van der Waals surface area contributed by atoms with Crippen molar-refractivity contribution in [3.63, 3.8) is 0 Å². The topological polar surface area (TPSA) is 85.5 Å². The Morgan fingerprint density at radius 2 is 2.14 bits per heavy atom. The van der Waals surface area contributed by atoms with E-state index in [4.69, 9.17) is 10.5 Å². The summed E-state index contributed by atoms with van der Waals surface area (Å²) in [6, 6.07) is 0.928. The number of halogens is 3. The van der Waals surface area contributed by atoms with Crippen molar-refractivity contribution in [1.29, 1.82) is 0 Å². The molecular weight excluding hydrogens is 395 g/mol. The van der Waals surface area contributed by atoms with Gasteiger partial charge in [-0.2, -0.15) is 13.2 Å².